The minimum atomic E-state index is -1.34. The number of hydrogen-bond donors (Lipinski definition) is 2. The molecule has 10 nitrogen and oxygen atoms in total. The maximum Gasteiger partial charge on any atom is 0.340 e. The minimum absolute atomic E-state index is 0.0251. The normalized spacial score (nSPS) is 23.9. The van der Waals surface area contributed by atoms with E-state index in [1.807, 2.05) is 19.9 Å². The average Bonchev–Trinajstić information content (AvgIpc) is 3.31. The van der Waals surface area contributed by atoms with Gasteiger partial charge in [-0.2, -0.15) is 0 Å². The first-order chi connectivity index (χ1) is 32.5. The molecule has 4 aliphatic rings. The van der Waals surface area contributed by atoms with Crippen LogP contribution in [0, 0.1) is 17.8 Å². The summed E-state index contributed by atoms with van der Waals surface area (Å²) in [6.07, 6.45) is 5.25. The molecule has 3 aliphatic heterocycles. The maximum absolute atomic E-state index is 15.1. The summed E-state index contributed by atoms with van der Waals surface area (Å²) in [6.45, 7) is 4.92. The molecule has 0 fully saturated rings. The highest BCUT2D eigenvalue weighted by Crippen LogP contribution is 2.50. The highest BCUT2D eigenvalue weighted by Gasteiger charge is 2.53. The van der Waals surface area contributed by atoms with Gasteiger partial charge in [0.25, 0.3) is 0 Å². The molecular formula is C57H58O10. The third-order valence-electron chi connectivity index (χ3n) is 14.2. The molecule has 0 saturated heterocycles. The summed E-state index contributed by atoms with van der Waals surface area (Å²) < 4.78 is 31.8. The summed E-state index contributed by atoms with van der Waals surface area (Å²) in [7, 11) is 1.50. The molecule has 0 spiro atoms. The van der Waals surface area contributed by atoms with Gasteiger partial charge in [0, 0.05) is 60.8 Å². The number of esters is 2. The van der Waals surface area contributed by atoms with Crippen LogP contribution in [0.1, 0.15) is 127 Å². The van der Waals surface area contributed by atoms with Gasteiger partial charge in [-0.1, -0.05) is 102 Å². The highest BCUT2D eigenvalue weighted by atomic mass is 16.6. The standard InChI is InChI=1S/C57H58O10/c1-34(2)43-19-16-36-17-20-44-40(28-36)14-8-9-25-57(3)54(66-55(43)61)53(51-48(67-57)23-22-46-47(32-59)50(56(62)65-52(46)51)41(24-26-58)33-63-4)64-49(60)31-42-30-39(18-21-45(42)44)38-15-10-13-37(29-38)27-35-11-6-5-7-12-35/h5-7,10-13,15,17-18,20-23,28-29,39,41-42,45,53-54,58-59H,14,16,19,24-27,30-33H2,1-4H3/t39-,41+,42-,45+,53+,54-,57+/m0/s1. The number of ether oxygens (including phenoxy) is 4. The summed E-state index contributed by atoms with van der Waals surface area (Å²) in [5, 5.41) is 21.3. The Kier molecular flexibility index (Phi) is 13.4. The molecule has 0 radical (unpaired) electrons. The zero-order chi connectivity index (χ0) is 46.8. The molecule has 0 saturated carbocycles. The molecule has 10 heteroatoms. The number of allylic oxidation sites excluding steroid dienone is 3. The predicted octanol–water partition coefficient (Wildman–Crippen LogP) is 9.40. The lowest BCUT2D eigenvalue weighted by Gasteiger charge is -2.45. The fraction of sp³-hybridized carbons (Fsp3) is 0.386. The van der Waals surface area contributed by atoms with E-state index in [4.69, 9.17) is 23.4 Å². The van der Waals surface area contributed by atoms with Crippen LogP contribution in [0.5, 0.6) is 5.75 Å². The van der Waals surface area contributed by atoms with E-state index in [-0.39, 0.29) is 72.7 Å². The van der Waals surface area contributed by atoms with Crippen molar-refractivity contribution in [1.29, 1.82) is 0 Å². The Morgan fingerprint density at radius 1 is 0.910 bits per heavy atom. The van der Waals surface area contributed by atoms with Crippen molar-refractivity contribution in [2.24, 2.45) is 5.92 Å². The molecule has 2 N–H and O–H groups in total. The van der Waals surface area contributed by atoms with Gasteiger partial charge in [0.1, 0.15) is 11.3 Å². The second-order valence-electron chi connectivity index (χ2n) is 19.0. The van der Waals surface area contributed by atoms with Crippen LogP contribution < -0.4 is 10.4 Å². The van der Waals surface area contributed by atoms with Gasteiger partial charge in [-0.05, 0) is 110 Å². The van der Waals surface area contributed by atoms with E-state index < -0.39 is 47.9 Å². The Balaban J connectivity index is 1.21. The van der Waals surface area contributed by atoms with Gasteiger partial charge in [-0.15, -0.1) is 0 Å². The van der Waals surface area contributed by atoms with Crippen molar-refractivity contribution in [2.75, 3.05) is 20.3 Å². The minimum Gasteiger partial charge on any atom is -0.482 e. The second-order valence-corrected chi connectivity index (χ2v) is 19.0. The second kappa shape index (κ2) is 19.5. The molecule has 4 heterocycles. The van der Waals surface area contributed by atoms with Gasteiger partial charge < -0.3 is 33.6 Å². The lowest BCUT2D eigenvalue weighted by Crippen LogP contribution is -2.54. The number of aliphatic hydroxyl groups is 2. The summed E-state index contributed by atoms with van der Waals surface area (Å²) in [6, 6.07) is 29.0. The summed E-state index contributed by atoms with van der Waals surface area (Å²) >= 11 is 0. The van der Waals surface area contributed by atoms with Gasteiger partial charge in [0.2, 0.25) is 0 Å². The molecule has 0 unspecified atom stereocenters. The van der Waals surface area contributed by atoms with Crippen molar-refractivity contribution in [2.45, 2.75) is 114 Å². The van der Waals surface area contributed by atoms with Gasteiger partial charge in [-0.3, -0.25) is 4.79 Å². The molecule has 346 valence electrons. The van der Waals surface area contributed by atoms with Crippen LogP contribution in [0.15, 0.2) is 117 Å². The molecule has 1 aromatic heterocycles. The number of rotatable bonds is 9. The lowest BCUT2D eigenvalue weighted by atomic mass is 9.71. The van der Waals surface area contributed by atoms with Crippen LogP contribution >= 0.6 is 0 Å². The molecule has 0 amide bonds. The Morgan fingerprint density at radius 3 is 2.51 bits per heavy atom. The molecular weight excluding hydrogens is 845 g/mol. The summed E-state index contributed by atoms with van der Waals surface area (Å²) in [5.74, 6) is 5.12. The van der Waals surface area contributed by atoms with Crippen LogP contribution in [0.25, 0.3) is 11.0 Å². The molecule has 7 atom stereocenters. The van der Waals surface area contributed by atoms with E-state index in [2.05, 4.69) is 90.7 Å². The SMILES string of the molecule is COC[C@@H](CCO)c1c(CO)c2ccc3c(c2oc1=O)[C@H]1OC(=O)C[C@@H]2C[C@@H](c4cccc(Cc5ccccc5)c4)C=C[C@H]2c2ccc4cc2CC#CC[C@@](C)(O3)[C@H]1OC(=O)C(=C(C)C)CC4. The number of benzene rings is 4. The third kappa shape index (κ3) is 9.25. The number of hydrogen-bond acceptors (Lipinski definition) is 10. The van der Waals surface area contributed by atoms with E-state index in [1.54, 1.807) is 19.1 Å². The number of aliphatic hydroxyl groups excluding tert-OH is 2. The first-order valence-corrected chi connectivity index (χ1v) is 23.5. The number of aryl methyl sites for hydroxylation is 1. The van der Waals surface area contributed by atoms with E-state index in [0.29, 0.717) is 42.2 Å². The monoisotopic (exact) mass is 902 g/mol. The van der Waals surface area contributed by atoms with Crippen molar-refractivity contribution in [3.05, 3.63) is 169 Å². The predicted molar refractivity (Wildman–Crippen MR) is 255 cm³/mol. The van der Waals surface area contributed by atoms with Gasteiger partial charge in [-0.25, -0.2) is 9.59 Å². The zero-order valence-electron chi connectivity index (χ0n) is 38.6. The number of fused-ring (bicyclic) bond motifs is 9. The van der Waals surface area contributed by atoms with Crippen molar-refractivity contribution < 1.29 is 43.2 Å². The zero-order valence-corrected chi connectivity index (χ0v) is 38.6. The Labute approximate surface area is 391 Å². The fourth-order valence-electron chi connectivity index (χ4n) is 10.8. The number of carbonyl (C=O) groups is 2. The molecule has 5 bridgehead atoms. The van der Waals surface area contributed by atoms with E-state index in [1.165, 1.54) is 23.8 Å². The van der Waals surface area contributed by atoms with Crippen molar-refractivity contribution in [1.82, 2.24) is 0 Å². The quantitative estimate of drug-likeness (QED) is 0.0483. The van der Waals surface area contributed by atoms with Crippen LogP contribution in [-0.2, 0) is 49.7 Å². The van der Waals surface area contributed by atoms with E-state index >= 15 is 4.79 Å². The van der Waals surface area contributed by atoms with Crippen LogP contribution in [0.2, 0.25) is 0 Å². The molecule has 1 aliphatic carbocycles. The van der Waals surface area contributed by atoms with Crippen LogP contribution in [0.4, 0.5) is 0 Å². The average molecular weight is 903 g/mol. The maximum atomic E-state index is 15.1. The van der Waals surface area contributed by atoms with Crippen molar-refractivity contribution in [3.63, 3.8) is 0 Å². The third-order valence-corrected chi connectivity index (χ3v) is 14.2. The Hall–Kier alpha value is -6.25. The van der Waals surface area contributed by atoms with Crippen LogP contribution in [-0.4, -0.2) is 54.2 Å². The summed E-state index contributed by atoms with van der Waals surface area (Å²) in [4.78, 5) is 43.8. The Morgan fingerprint density at radius 2 is 1.73 bits per heavy atom. The molecule has 9 rings (SSSR count). The van der Waals surface area contributed by atoms with Crippen molar-refractivity contribution in [3.8, 4) is 17.6 Å². The molecule has 4 aromatic carbocycles. The molecule has 5 aromatic rings. The van der Waals surface area contributed by atoms with Crippen molar-refractivity contribution >= 4 is 22.9 Å². The first kappa shape index (κ1) is 45.9. The van der Waals surface area contributed by atoms with E-state index in [0.717, 1.165) is 28.7 Å². The Bertz CT molecular complexity index is 2870. The smallest absolute Gasteiger partial charge is 0.340 e. The largest absolute Gasteiger partial charge is 0.482 e. The molecule has 67 heavy (non-hydrogen) atoms. The van der Waals surface area contributed by atoms with Gasteiger partial charge in [0.15, 0.2) is 17.8 Å². The van der Waals surface area contributed by atoms with Gasteiger partial charge in [0.05, 0.1) is 25.2 Å². The fourth-order valence-corrected chi connectivity index (χ4v) is 10.8. The van der Waals surface area contributed by atoms with Gasteiger partial charge >= 0.3 is 17.6 Å². The lowest BCUT2D eigenvalue weighted by molar-refractivity contribution is -0.190. The number of methoxy groups -OCH3 is 1. The van der Waals surface area contributed by atoms with E-state index in [9.17, 15) is 19.8 Å². The highest BCUT2D eigenvalue weighted by molar-refractivity contribution is 5.90. The summed E-state index contributed by atoms with van der Waals surface area (Å²) in [5.41, 5.74) is 6.83. The number of carbonyl (C=O) groups excluding carboxylic acids is 2. The van der Waals surface area contributed by atoms with Crippen LogP contribution in [0.3, 0.4) is 0 Å². The first-order valence-electron chi connectivity index (χ1n) is 23.5. The topological polar surface area (TPSA) is 142 Å².